The van der Waals surface area contributed by atoms with E-state index in [1.807, 2.05) is 43.3 Å². The second-order valence-electron chi connectivity index (χ2n) is 6.77. The van der Waals surface area contributed by atoms with Gasteiger partial charge in [0.05, 0.1) is 17.7 Å². The van der Waals surface area contributed by atoms with Crippen molar-refractivity contribution in [3.63, 3.8) is 0 Å². The molecule has 0 saturated carbocycles. The van der Waals surface area contributed by atoms with Gasteiger partial charge in [-0.3, -0.25) is 10.1 Å². The number of carbonyl (C=O) groups excluding carboxylic acids is 1. The first kappa shape index (κ1) is 20.8. The molecule has 0 fully saturated rings. The van der Waals surface area contributed by atoms with Crippen molar-refractivity contribution in [3.8, 4) is 17.2 Å². The molecule has 8 heteroatoms. The van der Waals surface area contributed by atoms with Crippen molar-refractivity contribution in [2.24, 2.45) is 0 Å². The minimum absolute atomic E-state index is 0.160. The Morgan fingerprint density at radius 2 is 1.94 bits per heavy atom. The number of thiocarbonyl (C=S) groups is 1. The molecule has 1 heterocycles. The minimum atomic E-state index is -0.384. The highest BCUT2D eigenvalue weighted by atomic mass is 35.5. The Labute approximate surface area is 189 Å². The van der Waals surface area contributed by atoms with Crippen LogP contribution in [0.3, 0.4) is 0 Å². The molecule has 3 aromatic carbocycles. The van der Waals surface area contributed by atoms with E-state index in [0.717, 1.165) is 16.8 Å². The van der Waals surface area contributed by atoms with Crippen LogP contribution in [0.2, 0.25) is 5.02 Å². The average Bonchev–Trinajstić information content (AvgIpc) is 3.18. The number of hydrogen-bond acceptors (Lipinski definition) is 5. The summed E-state index contributed by atoms with van der Waals surface area (Å²) >= 11 is 11.4. The Morgan fingerprint density at radius 1 is 1.13 bits per heavy atom. The summed E-state index contributed by atoms with van der Waals surface area (Å²) in [6.45, 7) is 1.93. The number of aromatic nitrogens is 1. The Morgan fingerprint density at radius 3 is 2.71 bits per heavy atom. The van der Waals surface area contributed by atoms with Crippen LogP contribution in [0.15, 0.2) is 65.1 Å². The first-order chi connectivity index (χ1) is 14.9. The number of amides is 1. The van der Waals surface area contributed by atoms with E-state index < -0.39 is 0 Å². The fraction of sp³-hybridized carbons (Fsp3) is 0.0870. The summed E-state index contributed by atoms with van der Waals surface area (Å²) in [7, 11) is 1.60. The van der Waals surface area contributed by atoms with Crippen LogP contribution >= 0.6 is 23.8 Å². The molecule has 0 saturated heterocycles. The van der Waals surface area contributed by atoms with E-state index >= 15 is 0 Å². The lowest BCUT2D eigenvalue weighted by atomic mass is 10.1. The number of rotatable bonds is 4. The van der Waals surface area contributed by atoms with Crippen molar-refractivity contribution in [1.82, 2.24) is 10.3 Å². The molecule has 0 aliphatic rings. The maximum Gasteiger partial charge on any atom is 0.258 e. The van der Waals surface area contributed by atoms with Gasteiger partial charge in [-0.2, -0.15) is 0 Å². The van der Waals surface area contributed by atoms with Crippen LogP contribution in [-0.4, -0.2) is 23.1 Å². The van der Waals surface area contributed by atoms with Gasteiger partial charge in [0.15, 0.2) is 10.7 Å². The van der Waals surface area contributed by atoms with Gasteiger partial charge >= 0.3 is 0 Å². The van der Waals surface area contributed by atoms with E-state index in [2.05, 4.69) is 15.6 Å². The number of nitrogens with one attached hydrogen (secondary N) is 2. The van der Waals surface area contributed by atoms with Crippen LogP contribution in [0.4, 0.5) is 5.69 Å². The molecule has 1 aromatic heterocycles. The van der Waals surface area contributed by atoms with Crippen molar-refractivity contribution < 1.29 is 13.9 Å². The van der Waals surface area contributed by atoms with E-state index in [-0.39, 0.29) is 11.0 Å². The zero-order valence-electron chi connectivity index (χ0n) is 16.7. The van der Waals surface area contributed by atoms with E-state index in [1.54, 1.807) is 31.4 Å². The number of benzene rings is 3. The number of ether oxygens (including phenoxy) is 1. The first-order valence-electron chi connectivity index (χ1n) is 9.37. The van der Waals surface area contributed by atoms with Crippen molar-refractivity contribution in [1.29, 1.82) is 0 Å². The zero-order chi connectivity index (χ0) is 22.0. The van der Waals surface area contributed by atoms with E-state index in [1.165, 1.54) is 0 Å². The summed E-state index contributed by atoms with van der Waals surface area (Å²) in [4.78, 5) is 17.0. The predicted molar refractivity (Wildman–Crippen MR) is 126 cm³/mol. The number of anilines is 1. The molecule has 156 valence electrons. The molecule has 4 rings (SSSR count). The van der Waals surface area contributed by atoms with Crippen LogP contribution < -0.4 is 15.4 Å². The third kappa shape index (κ3) is 4.52. The smallest absolute Gasteiger partial charge is 0.258 e. The summed E-state index contributed by atoms with van der Waals surface area (Å²) in [5.41, 5.74) is 4.14. The van der Waals surface area contributed by atoms with Gasteiger partial charge in [-0.25, -0.2) is 4.98 Å². The Hall–Kier alpha value is -3.42. The number of nitrogens with zero attached hydrogens (tertiary/aromatic N) is 1. The Balaban J connectivity index is 1.55. The van der Waals surface area contributed by atoms with Gasteiger partial charge in [0.2, 0.25) is 5.89 Å². The first-order valence-corrected chi connectivity index (χ1v) is 10.2. The number of fused-ring (bicyclic) bond motifs is 1. The molecule has 31 heavy (non-hydrogen) atoms. The molecule has 2 N–H and O–H groups in total. The fourth-order valence-corrected chi connectivity index (χ4v) is 3.44. The lowest BCUT2D eigenvalue weighted by Crippen LogP contribution is -2.34. The molecular formula is C23H18ClN3O3S. The summed E-state index contributed by atoms with van der Waals surface area (Å²) in [5.74, 6) is 0.792. The number of oxazole rings is 1. The highest BCUT2D eigenvalue weighted by Crippen LogP contribution is 2.29. The van der Waals surface area contributed by atoms with Gasteiger partial charge in [0.1, 0.15) is 11.3 Å². The number of halogens is 1. The standard InChI is InChI=1S/C23H18ClN3O3S/c1-13-7-8-14(22-25-19-12-15(29-2)9-10-20(19)30-22)11-18(13)26-23(31)27-21(28)16-5-3-4-6-17(16)24/h3-12H,1-2H3,(H2,26,27,28,31). The molecule has 0 aliphatic carbocycles. The van der Waals surface area contributed by atoms with Crippen molar-refractivity contribution >= 4 is 51.6 Å². The second kappa shape index (κ2) is 8.75. The number of methoxy groups -OCH3 is 1. The summed E-state index contributed by atoms with van der Waals surface area (Å²) < 4.78 is 11.1. The Bertz CT molecular complexity index is 1300. The van der Waals surface area contributed by atoms with E-state index in [4.69, 9.17) is 33.0 Å². The summed E-state index contributed by atoms with van der Waals surface area (Å²) in [6, 6.07) is 17.9. The molecule has 4 aromatic rings. The molecule has 0 bridgehead atoms. The third-order valence-electron chi connectivity index (χ3n) is 4.67. The maximum atomic E-state index is 12.4. The number of carbonyl (C=O) groups is 1. The molecule has 0 unspecified atom stereocenters. The minimum Gasteiger partial charge on any atom is -0.497 e. The van der Waals surface area contributed by atoms with Crippen LogP contribution in [-0.2, 0) is 0 Å². The van der Waals surface area contributed by atoms with Gasteiger partial charge in [0, 0.05) is 17.3 Å². The van der Waals surface area contributed by atoms with E-state index in [9.17, 15) is 4.79 Å². The molecule has 6 nitrogen and oxygen atoms in total. The molecule has 0 aliphatic heterocycles. The zero-order valence-corrected chi connectivity index (χ0v) is 18.3. The molecule has 1 amide bonds. The van der Waals surface area contributed by atoms with Crippen molar-refractivity contribution in [2.45, 2.75) is 6.92 Å². The van der Waals surface area contributed by atoms with Crippen LogP contribution in [0.1, 0.15) is 15.9 Å². The van der Waals surface area contributed by atoms with Gasteiger partial charge in [-0.1, -0.05) is 29.8 Å². The third-order valence-corrected chi connectivity index (χ3v) is 5.21. The molecular weight excluding hydrogens is 434 g/mol. The second-order valence-corrected chi connectivity index (χ2v) is 7.59. The average molecular weight is 452 g/mol. The number of aryl methyl sites for hydroxylation is 1. The van der Waals surface area contributed by atoms with Crippen molar-refractivity contribution in [3.05, 3.63) is 76.8 Å². The lowest BCUT2D eigenvalue weighted by molar-refractivity contribution is 0.0978. The highest BCUT2D eigenvalue weighted by molar-refractivity contribution is 7.80. The molecule has 0 atom stereocenters. The van der Waals surface area contributed by atoms with Crippen LogP contribution in [0, 0.1) is 6.92 Å². The SMILES string of the molecule is COc1ccc2oc(-c3ccc(C)c(NC(=S)NC(=O)c4ccccc4Cl)c3)nc2c1. The van der Waals surface area contributed by atoms with Gasteiger partial charge in [0.25, 0.3) is 5.91 Å². The van der Waals surface area contributed by atoms with Gasteiger partial charge in [-0.05, 0) is 61.1 Å². The summed E-state index contributed by atoms with van der Waals surface area (Å²) in [6.07, 6.45) is 0. The van der Waals surface area contributed by atoms with Crippen LogP contribution in [0.5, 0.6) is 5.75 Å². The Kier molecular flexibility index (Phi) is 5.88. The van der Waals surface area contributed by atoms with Crippen molar-refractivity contribution in [2.75, 3.05) is 12.4 Å². The monoisotopic (exact) mass is 451 g/mol. The lowest BCUT2D eigenvalue weighted by Gasteiger charge is -2.13. The summed E-state index contributed by atoms with van der Waals surface area (Å²) in [5, 5.41) is 6.22. The fourth-order valence-electron chi connectivity index (χ4n) is 3.02. The maximum absolute atomic E-state index is 12.4. The largest absolute Gasteiger partial charge is 0.497 e. The molecule has 0 radical (unpaired) electrons. The van der Waals surface area contributed by atoms with E-state index in [0.29, 0.717) is 33.3 Å². The van der Waals surface area contributed by atoms with Crippen LogP contribution in [0.25, 0.3) is 22.6 Å². The highest BCUT2D eigenvalue weighted by Gasteiger charge is 2.14. The topological polar surface area (TPSA) is 76.4 Å². The number of hydrogen-bond donors (Lipinski definition) is 2. The normalized spacial score (nSPS) is 10.7. The van der Waals surface area contributed by atoms with Gasteiger partial charge < -0.3 is 14.5 Å². The predicted octanol–water partition coefficient (Wildman–Crippen LogP) is 5.59. The quantitative estimate of drug-likeness (QED) is 0.394. The van der Waals surface area contributed by atoms with Gasteiger partial charge in [-0.15, -0.1) is 0 Å². The molecule has 0 spiro atoms.